The summed E-state index contributed by atoms with van der Waals surface area (Å²) in [6, 6.07) is 0.722. The summed E-state index contributed by atoms with van der Waals surface area (Å²) in [5.74, 6) is 1.26. The molecule has 0 aromatic carbocycles. The molecule has 2 N–H and O–H groups in total. The molecule has 0 aromatic heterocycles. The minimum Gasteiger partial charge on any atom is -0.378 e. The van der Waals surface area contributed by atoms with E-state index < -0.39 is 0 Å². The van der Waals surface area contributed by atoms with Gasteiger partial charge < -0.3 is 15.4 Å². The molecule has 3 nitrogen and oxygen atoms in total. The van der Waals surface area contributed by atoms with Gasteiger partial charge in [-0.3, -0.25) is 0 Å². The van der Waals surface area contributed by atoms with Crippen molar-refractivity contribution in [2.45, 2.75) is 50.0 Å². The maximum atomic E-state index is 5.56. The third kappa shape index (κ3) is 4.78. The topological polar surface area (TPSA) is 33.3 Å². The highest BCUT2D eigenvalue weighted by atomic mass is 32.2. The summed E-state index contributed by atoms with van der Waals surface area (Å²) in [4.78, 5) is 0. The Labute approximate surface area is 109 Å². The fourth-order valence-electron chi connectivity index (χ4n) is 2.55. The number of thioether (sulfide) groups is 1. The van der Waals surface area contributed by atoms with E-state index in [1.54, 1.807) is 0 Å². The third-order valence-corrected chi connectivity index (χ3v) is 5.05. The van der Waals surface area contributed by atoms with Gasteiger partial charge in [0.05, 0.1) is 6.10 Å². The van der Waals surface area contributed by atoms with Crippen LogP contribution in [0.3, 0.4) is 0 Å². The number of ether oxygens (including phenoxy) is 1. The van der Waals surface area contributed by atoms with E-state index in [1.807, 2.05) is 0 Å². The zero-order valence-corrected chi connectivity index (χ0v) is 11.7. The van der Waals surface area contributed by atoms with E-state index in [1.165, 1.54) is 44.5 Å². The standard InChI is InChI=1S/C13H26N2OS/c1-2-16-12-9-11(10-12)15-7-8-17-13-3-5-14-6-4-13/h11-15H,2-10H2,1H3. The number of hydrogen-bond donors (Lipinski definition) is 2. The van der Waals surface area contributed by atoms with Crippen molar-refractivity contribution in [2.75, 3.05) is 32.0 Å². The van der Waals surface area contributed by atoms with Gasteiger partial charge in [0.2, 0.25) is 0 Å². The maximum Gasteiger partial charge on any atom is 0.0604 e. The molecule has 2 aliphatic rings. The minimum absolute atomic E-state index is 0.537. The van der Waals surface area contributed by atoms with Crippen LogP contribution in [0.1, 0.15) is 32.6 Å². The van der Waals surface area contributed by atoms with Crippen LogP contribution in [0.25, 0.3) is 0 Å². The normalized spacial score (nSPS) is 30.2. The van der Waals surface area contributed by atoms with E-state index in [-0.39, 0.29) is 0 Å². The van der Waals surface area contributed by atoms with Crippen molar-refractivity contribution < 1.29 is 4.74 Å². The molecule has 0 atom stereocenters. The van der Waals surface area contributed by atoms with E-state index in [4.69, 9.17) is 4.74 Å². The predicted octanol–water partition coefficient (Wildman–Crippen LogP) is 1.63. The predicted molar refractivity (Wildman–Crippen MR) is 74.8 cm³/mol. The summed E-state index contributed by atoms with van der Waals surface area (Å²) in [5.41, 5.74) is 0. The zero-order chi connectivity index (χ0) is 11.9. The molecule has 1 aliphatic heterocycles. The van der Waals surface area contributed by atoms with Crippen LogP contribution in [0.5, 0.6) is 0 Å². The van der Waals surface area contributed by atoms with Crippen LogP contribution in [0.2, 0.25) is 0 Å². The molecule has 1 saturated carbocycles. The van der Waals surface area contributed by atoms with Crippen molar-refractivity contribution >= 4 is 11.8 Å². The van der Waals surface area contributed by atoms with E-state index in [9.17, 15) is 0 Å². The molecule has 0 spiro atoms. The van der Waals surface area contributed by atoms with Gasteiger partial charge in [-0.15, -0.1) is 0 Å². The second-order valence-electron chi connectivity index (χ2n) is 5.02. The number of rotatable bonds is 7. The summed E-state index contributed by atoms with van der Waals surface area (Å²) in [5, 5.41) is 7.94. The third-order valence-electron chi connectivity index (χ3n) is 3.67. The lowest BCUT2D eigenvalue weighted by Gasteiger charge is -2.35. The summed E-state index contributed by atoms with van der Waals surface area (Å²) < 4.78 is 5.56. The van der Waals surface area contributed by atoms with Crippen LogP contribution >= 0.6 is 11.8 Å². The largest absolute Gasteiger partial charge is 0.378 e. The van der Waals surface area contributed by atoms with Crippen LogP contribution in [0.15, 0.2) is 0 Å². The minimum atomic E-state index is 0.537. The molecule has 1 heterocycles. The SMILES string of the molecule is CCOC1CC(NCCSC2CCNCC2)C1. The monoisotopic (exact) mass is 258 g/mol. The smallest absolute Gasteiger partial charge is 0.0604 e. The Bertz CT molecular complexity index is 204. The Balaban J connectivity index is 1.42. The quantitative estimate of drug-likeness (QED) is 0.680. The van der Waals surface area contributed by atoms with Gasteiger partial charge in [0, 0.05) is 30.2 Å². The maximum absolute atomic E-state index is 5.56. The molecule has 0 bridgehead atoms. The highest BCUT2D eigenvalue weighted by Crippen LogP contribution is 2.23. The molecule has 1 aliphatic carbocycles. The first-order valence-corrected chi connectivity index (χ1v) is 8.10. The zero-order valence-electron chi connectivity index (χ0n) is 10.9. The number of hydrogen-bond acceptors (Lipinski definition) is 4. The first-order chi connectivity index (χ1) is 8.38. The summed E-state index contributed by atoms with van der Waals surface area (Å²) in [7, 11) is 0. The van der Waals surface area contributed by atoms with Crippen molar-refractivity contribution in [2.24, 2.45) is 0 Å². The Hall–Kier alpha value is 0.230. The summed E-state index contributed by atoms with van der Waals surface area (Å²) >= 11 is 2.15. The molecule has 0 unspecified atom stereocenters. The van der Waals surface area contributed by atoms with E-state index >= 15 is 0 Å². The Morgan fingerprint density at radius 2 is 2.06 bits per heavy atom. The summed E-state index contributed by atoms with van der Waals surface area (Å²) in [6.07, 6.45) is 5.66. The fraction of sp³-hybridized carbons (Fsp3) is 1.00. The number of nitrogens with one attached hydrogen (secondary N) is 2. The lowest BCUT2D eigenvalue weighted by atomic mass is 9.89. The first kappa shape index (κ1) is 13.7. The highest BCUT2D eigenvalue weighted by molar-refractivity contribution is 7.99. The van der Waals surface area contributed by atoms with E-state index in [0.29, 0.717) is 6.10 Å². The van der Waals surface area contributed by atoms with E-state index in [2.05, 4.69) is 29.3 Å². The van der Waals surface area contributed by atoms with Gasteiger partial charge in [-0.1, -0.05) is 0 Å². The van der Waals surface area contributed by atoms with Crippen LogP contribution in [0.4, 0.5) is 0 Å². The molecule has 100 valence electrons. The molecule has 0 amide bonds. The van der Waals surface area contributed by atoms with Gasteiger partial charge in [0.1, 0.15) is 0 Å². The fourth-order valence-corrected chi connectivity index (χ4v) is 3.69. The number of piperidine rings is 1. The first-order valence-electron chi connectivity index (χ1n) is 7.05. The lowest BCUT2D eigenvalue weighted by Crippen LogP contribution is -2.46. The molecule has 2 fully saturated rings. The van der Waals surface area contributed by atoms with Gasteiger partial charge in [-0.25, -0.2) is 0 Å². The summed E-state index contributed by atoms with van der Waals surface area (Å²) in [6.45, 7) is 6.53. The van der Waals surface area contributed by atoms with Crippen LogP contribution in [-0.2, 0) is 4.74 Å². The van der Waals surface area contributed by atoms with Gasteiger partial charge >= 0.3 is 0 Å². The average molecular weight is 258 g/mol. The van der Waals surface area contributed by atoms with Crippen LogP contribution < -0.4 is 10.6 Å². The van der Waals surface area contributed by atoms with Crippen LogP contribution in [0, 0.1) is 0 Å². The molecule has 17 heavy (non-hydrogen) atoms. The van der Waals surface area contributed by atoms with Gasteiger partial charge in [0.15, 0.2) is 0 Å². The second-order valence-corrected chi connectivity index (χ2v) is 6.43. The van der Waals surface area contributed by atoms with Gasteiger partial charge in [-0.05, 0) is 45.7 Å². The Kier molecular flexibility index (Phi) is 6.12. The van der Waals surface area contributed by atoms with Crippen molar-refractivity contribution in [3.63, 3.8) is 0 Å². The van der Waals surface area contributed by atoms with Crippen molar-refractivity contribution in [1.82, 2.24) is 10.6 Å². The average Bonchev–Trinajstić information content (AvgIpc) is 2.32. The second kappa shape index (κ2) is 7.62. The highest BCUT2D eigenvalue weighted by Gasteiger charge is 2.28. The lowest BCUT2D eigenvalue weighted by molar-refractivity contribution is -0.00929. The molecule has 2 rings (SSSR count). The van der Waals surface area contributed by atoms with Crippen molar-refractivity contribution in [3.8, 4) is 0 Å². The van der Waals surface area contributed by atoms with Crippen molar-refractivity contribution in [1.29, 1.82) is 0 Å². The Morgan fingerprint density at radius 3 is 2.76 bits per heavy atom. The Morgan fingerprint density at radius 1 is 1.29 bits per heavy atom. The van der Waals surface area contributed by atoms with Crippen molar-refractivity contribution in [3.05, 3.63) is 0 Å². The molecule has 4 heteroatoms. The van der Waals surface area contributed by atoms with Gasteiger partial charge in [0.25, 0.3) is 0 Å². The van der Waals surface area contributed by atoms with E-state index in [0.717, 1.165) is 24.4 Å². The molecule has 1 saturated heterocycles. The molecular formula is C13H26N2OS. The molecular weight excluding hydrogens is 232 g/mol. The molecule has 0 radical (unpaired) electrons. The van der Waals surface area contributed by atoms with Crippen LogP contribution in [-0.4, -0.2) is 49.4 Å². The van der Waals surface area contributed by atoms with Gasteiger partial charge in [-0.2, -0.15) is 11.8 Å². The molecule has 0 aromatic rings.